The third-order valence-corrected chi connectivity index (χ3v) is 3.65. The van der Waals surface area contributed by atoms with Crippen LogP contribution in [0.4, 0.5) is 0 Å². The van der Waals surface area contributed by atoms with Crippen LogP contribution in [0.2, 0.25) is 0 Å². The Morgan fingerprint density at radius 1 is 1.30 bits per heavy atom. The number of fused-ring (bicyclic) bond motifs is 1. The molecule has 0 aliphatic carbocycles. The molecule has 0 bridgehead atoms. The van der Waals surface area contributed by atoms with Crippen LogP contribution in [0, 0.1) is 6.92 Å². The van der Waals surface area contributed by atoms with Crippen LogP contribution in [0.15, 0.2) is 22.4 Å². The van der Waals surface area contributed by atoms with Crippen molar-refractivity contribution in [1.29, 1.82) is 0 Å². The second kappa shape index (κ2) is 8.23. The molecule has 0 fully saturated rings. The van der Waals surface area contributed by atoms with E-state index in [9.17, 15) is 9.59 Å². The van der Waals surface area contributed by atoms with E-state index in [1.54, 1.807) is 18.4 Å². The molecular formula is C15H20N4O3S. The minimum absolute atomic E-state index is 0.0769. The summed E-state index contributed by atoms with van der Waals surface area (Å²) in [6, 6.07) is 1.73. The summed E-state index contributed by atoms with van der Waals surface area (Å²) in [7, 11) is 0. The van der Waals surface area contributed by atoms with Gasteiger partial charge in [0, 0.05) is 0 Å². The third-order valence-electron chi connectivity index (χ3n) is 2.74. The molecule has 8 heteroatoms. The predicted octanol–water partition coefficient (Wildman–Crippen LogP) is 3.23. The molecule has 23 heavy (non-hydrogen) atoms. The number of carbonyl (C=O) groups is 1. The number of hydrogen-bond donors (Lipinski definition) is 2. The number of thiophene rings is 1. The molecule has 7 nitrogen and oxygen atoms in total. The van der Waals surface area contributed by atoms with Gasteiger partial charge in [0.25, 0.3) is 5.56 Å². The van der Waals surface area contributed by atoms with Crippen LogP contribution in [0.3, 0.4) is 0 Å². The van der Waals surface area contributed by atoms with Gasteiger partial charge in [-0.25, -0.2) is 14.5 Å². The van der Waals surface area contributed by atoms with E-state index in [1.807, 2.05) is 27.7 Å². The molecule has 0 aliphatic heterocycles. The van der Waals surface area contributed by atoms with Crippen molar-refractivity contribution in [2.45, 2.75) is 34.6 Å². The molecule has 0 unspecified atom stereocenters. The zero-order chi connectivity index (χ0) is 17.6. The highest BCUT2D eigenvalue weighted by molar-refractivity contribution is 7.17. The fourth-order valence-electron chi connectivity index (χ4n) is 1.79. The quantitative estimate of drug-likeness (QED) is 0.748. The van der Waals surface area contributed by atoms with E-state index in [-0.39, 0.29) is 17.1 Å². The Morgan fingerprint density at radius 3 is 2.52 bits per heavy atom. The molecule has 0 spiro atoms. The van der Waals surface area contributed by atoms with Crippen LogP contribution in [0.1, 0.15) is 43.7 Å². The molecule has 0 radical (unpaired) electrons. The molecule has 0 aliphatic rings. The van der Waals surface area contributed by atoms with Crippen molar-refractivity contribution >= 4 is 27.5 Å². The largest absolute Gasteiger partial charge is 0.478 e. The molecule has 3 aromatic heterocycles. The van der Waals surface area contributed by atoms with Gasteiger partial charge in [0.15, 0.2) is 0 Å². The third kappa shape index (κ3) is 3.65. The van der Waals surface area contributed by atoms with E-state index >= 15 is 0 Å². The monoisotopic (exact) mass is 336 g/mol. The Hall–Kier alpha value is -2.48. The topological polar surface area (TPSA) is 101 Å². The van der Waals surface area contributed by atoms with E-state index in [4.69, 9.17) is 5.11 Å². The van der Waals surface area contributed by atoms with Crippen molar-refractivity contribution in [3.63, 3.8) is 0 Å². The zero-order valence-electron chi connectivity index (χ0n) is 13.7. The van der Waals surface area contributed by atoms with Crippen LogP contribution in [0.25, 0.3) is 16.2 Å². The van der Waals surface area contributed by atoms with Gasteiger partial charge < -0.3 is 5.11 Å². The molecule has 3 heterocycles. The fraction of sp³-hybridized carbons (Fsp3) is 0.333. The summed E-state index contributed by atoms with van der Waals surface area (Å²) in [5.74, 6) is -0.858. The average Bonchev–Trinajstić information content (AvgIpc) is 3.17. The first kappa shape index (κ1) is 18.6. The normalized spacial score (nSPS) is 9.61. The molecular weight excluding hydrogens is 316 g/mol. The number of rotatable bonds is 2. The van der Waals surface area contributed by atoms with Crippen LogP contribution in [-0.4, -0.2) is 30.8 Å². The standard InChI is InChI=1S/C11H8N4O3S.2C2H6/c1-5-6(10(17)18)4-12-15(5)11-13-7-2-3-19-8(7)9(16)14-11;2*1-2/h2-4H,1H3,(H,17,18)(H,13,14,16);2*1-2H3. The lowest BCUT2D eigenvalue weighted by Crippen LogP contribution is -2.14. The number of carboxylic acid groups (broad SMARTS) is 1. The zero-order valence-corrected chi connectivity index (χ0v) is 14.6. The van der Waals surface area contributed by atoms with Gasteiger partial charge in [0.2, 0.25) is 5.95 Å². The molecule has 0 saturated carbocycles. The van der Waals surface area contributed by atoms with Crippen molar-refractivity contribution in [2.75, 3.05) is 0 Å². The number of H-pyrrole nitrogens is 1. The molecule has 124 valence electrons. The summed E-state index contributed by atoms with van der Waals surface area (Å²) in [6.07, 6.45) is 1.23. The maximum Gasteiger partial charge on any atom is 0.339 e. The first-order valence-electron chi connectivity index (χ1n) is 7.33. The fourth-order valence-corrected chi connectivity index (χ4v) is 2.52. The van der Waals surface area contributed by atoms with E-state index < -0.39 is 5.97 Å². The average molecular weight is 336 g/mol. The number of aromatic amines is 1. The molecule has 3 aromatic rings. The van der Waals surface area contributed by atoms with Gasteiger partial charge in [-0.2, -0.15) is 5.10 Å². The van der Waals surface area contributed by atoms with Crippen molar-refractivity contribution in [3.8, 4) is 5.95 Å². The smallest absolute Gasteiger partial charge is 0.339 e. The summed E-state index contributed by atoms with van der Waals surface area (Å²) in [6.45, 7) is 9.61. The second-order valence-electron chi connectivity index (χ2n) is 3.89. The number of aromatic nitrogens is 4. The first-order chi connectivity index (χ1) is 11.1. The maximum atomic E-state index is 11.8. The highest BCUT2D eigenvalue weighted by Crippen LogP contribution is 2.16. The van der Waals surface area contributed by atoms with Gasteiger partial charge >= 0.3 is 5.97 Å². The van der Waals surface area contributed by atoms with Crippen molar-refractivity contribution in [3.05, 3.63) is 39.3 Å². The van der Waals surface area contributed by atoms with E-state index in [1.165, 1.54) is 22.2 Å². The van der Waals surface area contributed by atoms with E-state index in [0.29, 0.717) is 15.9 Å². The highest BCUT2D eigenvalue weighted by atomic mass is 32.1. The van der Waals surface area contributed by atoms with Crippen molar-refractivity contribution in [2.24, 2.45) is 0 Å². The lowest BCUT2D eigenvalue weighted by Gasteiger charge is -2.03. The summed E-state index contributed by atoms with van der Waals surface area (Å²) >= 11 is 1.30. The Kier molecular flexibility index (Phi) is 6.65. The lowest BCUT2D eigenvalue weighted by atomic mass is 10.3. The van der Waals surface area contributed by atoms with Gasteiger partial charge in [-0.15, -0.1) is 11.3 Å². The summed E-state index contributed by atoms with van der Waals surface area (Å²) in [5.41, 5.74) is 0.788. The molecule has 2 N–H and O–H groups in total. The number of hydrogen-bond acceptors (Lipinski definition) is 5. The van der Waals surface area contributed by atoms with E-state index in [2.05, 4.69) is 15.1 Å². The van der Waals surface area contributed by atoms with Crippen molar-refractivity contribution < 1.29 is 9.90 Å². The Bertz CT molecular complexity index is 848. The Morgan fingerprint density at radius 2 is 1.96 bits per heavy atom. The number of carboxylic acids is 1. The van der Waals surface area contributed by atoms with Gasteiger partial charge in [-0.05, 0) is 18.4 Å². The SMILES string of the molecule is CC.CC.Cc1c(C(=O)O)cnn1-c1nc2ccsc2c(=O)[nH]1. The van der Waals surface area contributed by atoms with Gasteiger partial charge in [0.1, 0.15) is 10.3 Å². The summed E-state index contributed by atoms with van der Waals surface area (Å²) in [4.78, 5) is 29.7. The van der Waals surface area contributed by atoms with E-state index in [0.717, 1.165) is 0 Å². The molecule has 0 saturated heterocycles. The summed E-state index contributed by atoms with van der Waals surface area (Å²) < 4.78 is 1.84. The second-order valence-corrected chi connectivity index (χ2v) is 4.80. The Balaban J connectivity index is 0.000000615. The minimum Gasteiger partial charge on any atom is -0.478 e. The lowest BCUT2D eigenvalue weighted by molar-refractivity contribution is 0.0696. The van der Waals surface area contributed by atoms with Gasteiger partial charge in [0.05, 0.1) is 17.4 Å². The molecule has 0 amide bonds. The number of nitrogens with one attached hydrogen (secondary N) is 1. The molecule has 3 rings (SSSR count). The van der Waals surface area contributed by atoms with Crippen LogP contribution < -0.4 is 5.56 Å². The highest BCUT2D eigenvalue weighted by Gasteiger charge is 2.16. The van der Waals surface area contributed by atoms with Crippen molar-refractivity contribution in [1.82, 2.24) is 19.7 Å². The van der Waals surface area contributed by atoms with Crippen LogP contribution in [0.5, 0.6) is 0 Å². The first-order valence-corrected chi connectivity index (χ1v) is 8.21. The maximum absolute atomic E-state index is 11.8. The summed E-state index contributed by atoms with van der Waals surface area (Å²) in [5, 5.41) is 14.7. The van der Waals surface area contributed by atoms with Crippen LogP contribution >= 0.6 is 11.3 Å². The number of nitrogens with zero attached hydrogens (tertiary/aromatic N) is 3. The predicted molar refractivity (Wildman–Crippen MR) is 91.8 cm³/mol. The number of aromatic carboxylic acids is 1. The Labute approximate surface area is 137 Å². The van der Waals surface area contributed by atoms with Gasteiger partial charge in [-0.3, -0.25) is 9.78 Å². The van der Waals surface area contributed by atoms with Crippen LogP contribution in [-0.2, 0) is 0 Å². The minimum atomic E-state index is -1.07. The molecule has 0 atom stereocenters. The molecule has 0 aromatic carbocycles. The van der Waals surface area contributed by atoms with Gasteiger partial charge in [-0.1, -0.05) is 27.7 Å².